The van der Waals surface area contributed by atoms with Gasteiger partial charge in [0, 0.05) is 24.7 Å². The van der Waals surface area contributed by atoms with Crippen molar-refractivity contribution >= 4 is 12.0 Å². The van der Waals surface area contributed by atoms with E-state index in [1.54, 1.807) is 11.0 Å². The molecule has 1 aromatic rings. The van der Waals surface area contributed by atoms with Crippen molar-refractivity contribution in [3.8, 4) is 0 Å². The summed E-state index contributed by atoms with van der Waals surface area (Å²) in [5, 5.41) is 2.83. The summed E-state index contributed by atoms with van der Waals surface area (Å²) in [6.07, 6.45) is 2.78. The molecular formula is C17H23FN2O3. The maximum atomic E-state index is 13.2. The van der Waals surface area contributed by atoms with Crippen molar-refractivity contribution in [1.29, 1.82) is 0 Å². The van der Waals surface area contributed by atoms with Gasteiger partial charge in [-0.1, -0.05) is 19.4 Å². The third-order valence-corrected chi connectivity index (χ3v) is 3.91. The number of benzene rings is 1. The molecule has 1 fully saturated rings. The molecule has 2 rings (SSSR count). The Bertz CT molecular complexity index is 542. The Hall–Kier alpha value is -2.11. The summed E-state index contributed by atoms with van der Waals surface area (Å²) in [6.45, 7) is 3.54. The van der Waals surface area contributed by atoms with Crippen LogP contribution in [0.15, 0.2) is 24.3 Å². The highest BCUT2D eigenvalue weighted by molar-refractivity contribution is 5.94. The smallest absolute Gasteiger partial charge is 0.407 e. The predicted octanol–water partition coefficient (Wildman–Crippen LogP) is 2.96. The Morgan fingerprint density at radius 3 is 2.74 bits per heavy atom. The zero-order valence-corrected chi connectivity index (χ0v) is 13.4. The molecule has 0 aromatic heterocycles. The summed E-state index contributed by atoms with van der Waals surface area (Å²) in [4.78, 5) is 25.6. The molecular weight excluding hydrogens is 299 g/mol. The summed E-state index contributed by atoms with van der Waals surface area (Å²) in [6, 6.07) is 5.72. The van der Waals surface area contributed by atoms with Gasteiger partial charge in [0.2, 0.25) is 0 Å². The van der Waals surface area contributed by atoms with Crippen LogP contribution in [0.1, 0.15) is 43.0 Å². The van der Waals surface area contributed by atoms with Crippen molar-refractivity contribution in [2.24, 2.45) is 0 Å². The molecule has 0 atom stereocenters. The molecule has 1 aliphatic heterocycles. The molecule has 1 N–H and O–H groups in total. The molecule has 0 radical (unpaired) electrons. The van der Waals surface area contributed by atoms with Crippen molar-refractivity contribution in [1.82, 2.24) is 10.2 Å². The first-order chi connectivity index (χ1) is 11.1. The van der Waals surface area contributed by atoms with E-state index >= 15 is 0 Å². The van der Waals surface area contributed by atoms with Crippen molar-refractivity contribution in [3.05, 3.63) is 35.6 Å². The van der Waals surface area contributed by atoms with Crippen LogP contribution in [0.5, 0.6) is 0 Å². The number of carbonyl (C=O) groups is 2. The first kappa shape index (κ1) is 17.2. The number of unbranched alkanes of at least 4 members (excludes halogenated alkanes) is 1. The van der Waals surface area contributed by atoms with Crippen LogP contribution in [0.2, 0.25) is 0 Å². The molecule has 1 saturated heterocycles. The summed E-state index contributed by atoms with van der Waals surface area (Å²) in [7, 11) is 0. The van der Waals surface area contributed by atoms with E-state index in [4.69, 9.17) is 4.74 Å². The number of hydrogen-bond acceptors (Lipinski definition) is 3. The Balaban J connectivity index is 1.77. The van der Waals surface area contributed by atoms with E-state index in [0.717, 1.165) is 12.8 Å². The van der Waals surface area contributed by atoms with E-state index < -0.39 is 11.9 Å². The summed E-state index contributed by atoms with van der Waals surface area (Å²) < 4.78 is 18.3. The van der Waals surface area contributed by atoms with Gasteiger partial charge < -0.3 is 15.0 Å². The molecule has 1 aromatic carbocycles. The average Bonchev–Trinajstić information content (AvgIpc) is 2.55. The van der Waals surface area contributed by atoms with E-state index in [9.17, 15) is 14.0 Å². The maximum Gasteiger partial charge on any atom is 0.407 e. The van der Waals surface area contributed by atoms with Gasteiger partial charge in [0.1, 0.15) is 5.82 Å². The van der Waals surface area contributed by atoms with Gasteiger partial charge in [-0.25, -0.2) is 9.18 Å². The summed E-state index contributed by atoms with van der Waals surface area (Å²) in [5.41, 5.74) is 0.357. The third kappa shape index (κ3) is 5.23. The number of nitrogens with one attached hydrogen (secondary N) is 1. The van der Waals surface area contributed by atoms with Crippen molar-refractivity contribution in [3.63, 3.8) is 0 Å². The molecule has 23 heavy (non-hydrogen) atoms. The molecule has 1 heterocycles. The van der Waals surface area contributed by atoms with Gasteiger partial charge in [0.25, 0.3) is 5.91 Å². The summed E-state index contributed by atoms with van der Waals surface area (Å²) in [5.74, 6) is -0.587. The number of ether oxygens (including phenoxy) is 1. The minimum Gasteiger partial charge on any atom is -0.450 e. The molecule has 1 aliphatic rings. The van der Waals surface area contributed by atoms with Crippen molar-refractivity contribution in [2.75, 3.05) is 19.7 Å². The van der Waals surface area contributed by atoms with Crippen LogP contribution >= 0.6 is 0 Å². The highest BCUT2D eigenvalue weighted by Gasteiger charge is 2.25. The highest BCUT2D eigenvalue weighted by atomic mass is 19.1. The zero-order valence-electron chi connectivity index (χ0n) is 13.4. The average molecular weight is 322 g/mol. The van der Waals surface area contributed by atoms with E-state index in [2.05, 4.69) is 5.32 Å². The molecule has 126 valence electrons. The Labute approximate surface area is 135 Å². The van der Waals surface area contributed by atoms with Gasteiger partial charge in [-0.15, -0.1) is 0 Å². The molecule has 0 bridgehead atoms. The van der Waals surface area contributed by atoms with Gasteiger partial charge in [-0.05, 0) is 37.5 Å². The van der Waals surface area contributed by atoms with Crippen LogP contribution < -0.4 is 5.32 Å². The second-order valence-corrected chi connectivity index (χ2v) is 5.71. The third-order valence-electron chi connectivity index (χ3n) is 3.91. The monoisotopic (exact) mass is 322 g/mol. The van der Waals surface area contributed by atoms with Gasteiger partial charge in [0.05, 0.1) is 6.61 Å². The minimum atomic E-state index is -0.415. The molecule has 6 heteroatoms. The SMILES string of the molecule is CCCCOC(=O)NC1CCN(C(=O)c2cccc(F)c2)CC1. The number of amides is 2. The lowest BCUT2D eigenvalue weighted by molar-refractivity contribution is 0.0701. The van der Waals surface area contributed by atoms with Gasteiger partial charge >= 0.3 is 6.09 Å². The number of alkyl carbamates (subject to hydrolysis) is 1. The van der Waals surface area contributed by atoms with Crippen LogP contribution in [0, 0.1) is 5.82 Å². The van der Waals surface area contributed by atoms with Gasteiger partial charge in [-0.3, -0.25) is 4.79 Å². The molecule has 0 unspecified atom stereocenters. The molecule has 2 amide bonds. The quantitative estimate of drug-likeness (QED) is 0.848. The molecule has 0 aliphatic carbocycles. The van der Waals surface area contributed by atoms with E-state index in [1.807, 2.05) is 6.92 Å². The van der Waals surface area contributed by atoms with Crippen LogP contribution in [-0.2, 0) is 4.74 Å². The fourth-order valence-electron chi connectivity index (χ4n) is 2.55. The first-order valence-electron chi connectivity index (χ1n) is 8.08. The van der Waals surface area contributed by atoms with Crippen molar-refractivity contribution in [2.45, 2.75) is 38.6 Å². The normalized spacial score (nSPS) is 15.3. The Morgan fingerprint density at radius 2 is 2.09 bits per heavy atom. The number of nitrogens with zero attached hydrogens (tertiary/aromatic N) is 1. The van der Waals surface area contributed by atoms with Gasteiger partial charge in [0.15, 0.2) is 0 Å². The lowest BCUT2D eigenvalue weighted by Gasteiger charge is -2.32. The maximum absolute atomic E-state index is 13.2. The molecule has 5 nitrogen and oxygen atoms in total. The van der Waals surface area contributed by atoms with Crippen molar-refractivity contribution < 1.29 is 18.7 Å². The topological polar surface area (TPSA) is 58.6 Å². The fraction of sp³-hybridized carbons (Fsp3) is 0.529. The van der Waals surface area contributed by atoms with E-state index in [0.29, 0.717) is 38.1 Å². The minimum absolute atomic E-state index is 0.0145. The number of hydrogen-bond donors (Lipinski definition) is 1. The van der Waals surface area contributed by atoms with E-state index in [1.165, 1.54) is 18.2 Å². The Kier molecular flexibility index (Phi) is 6.38. The number of piperidine rings is 1. The first-order valence-corrected chi connectivity index (χ1v) is 8.08. The second-order valence-electron chi connectivity index (χ2n) is 5.71. The largest absolute Gasteiger partial charge is 0.450 e. The number of likely N-dealkylation sites (tertiary alicyclic amines) is 1. The van der Waals surface area contributed by atoms with Crippen LogP contribution in [0.25, 0.3) is 0 Å². The van der Waals surface area contributed by atoms with E-state index in [-0.39, 0.29) is 11.9 Å². The number of halogens is 1. The zero-order chi connectivity index (χ0) is 16.7. The lowest BCUT2D eigenvalue weighted by Crippen LogP contribution is -2.46. The predicted molar refractivity (Wildman–Crippen MR) is 84.7 cm³/mol. The molecule has 0 saturated carbocycles. The summed E-state index contributed by atoms with van der Waals surface area (Å²) >= 11 is 0. The van der Waals surface area contributed by atoms with Crippen LogP contribution in [0.4, 0.5) is 9.18 Å². The van der Waals surface area contributed by atoms with Crippen LogP contribution in [-0.4, -0.2) is 42.6 Å². The lowest BCUT2D eigenvalue weighted by atomic mass is 10.0. The molecule has 0 spiro atoms. The standard InChI is InChI=1S/C17H23FN2O3/c1-2-3-11-23-17(22)19-15-7-9-20(10-8-15)16(21)13-5-4-6-14(18)12-13/h4-6,12,15H,2-3,7-11H2,1H3,(H,19,22). The Morgan fingerprint density at radius 1 is 1.35 bits per heavy atom. The second kappa shape index (κ2) is 8.50. The highest BCUT2D eigenvalue weighted by Crippen LogP contribution is 2.15. The van der Waals surface area contributed by atoms with Crippen LogP contribution in [0.3, 0.4) is 0 Å². The fourth-order valence-corrected chi connectivity index (χ4v) is 2.55. The number of rotatable bonds is 5. The number of carbonyl (C=O) groups excluding carboxylic acids is 2. The van der Waals surface area contributed by atoms with Gasteiger partial charge in [-0.2, -0.15) is 0 Å².